The monoisotopic (exact) mass is 362 g/mol. The molecule has 3 heteroatoms. The molecule has 1 aromatic heterocycles. The molecule has 0 spiro atoms. The van der Waals surface area contributed by atoms with E-state index in [2.05, 4.69) is 71.1 Å². The summed E-state index contributed by atoms with van der Waals surface area (Å²) in [5, 5.41) is 3.60. The highest BCUT2D eigenvalue weighted by atomic mass is 32.1. The summed E-state index contributed by atoms with van der Waals surface area (Å²) in [5.41, 5.74) is 7.37. The molecule has 0 bridgehead atoms. The van der Waals surface area contributed by atoms with E-state index in [9.17, 15) is 0 Å². The Balaban J connectivity index is 1.50. The second-order valence-corrected chi connectivity index (χ2v) is 7.51. The highest BCUT2D eigenvalue weighted by Gasteiger charge is 2.22. The summed E-state index contributed by atoms with van der Waals surface area (Å²) in [6.07, 6.45) is 0. The maximum atomic E-state index is 4.78. The van der Waals surface area contributed by atoms with Gasteiger partial charge in [0.1, 0.15) is 5.01 Å². The highest BCUT2D eigenvalue weighted by molar-refractivity contribution is 7.09. The van der Waals surface area contributed by atoms with Crippen molar-refractivity contribution in [2.75, 3.05) is 0 Å². The van der Waals surface area contributed by atoms with Crippen LogP contribution in [0.1, 0.15) is 0 Å². The summed E-state index contributed by atoms with van der Waals surface area (Å²) in [7, 11) is 0. The molecular weight excluding hydrogens is 348 g/mol. The van der Waals surface area contributed by atoms with Gasteiger partial charge in [-0.3, -0.25) is 0 Å². The van der Waals surface area contributed by atoms with Gasteiger partial charge < -0.3 is 0 Å². The topological polar surface area (TPSA) is 25.8 Å². The van der Waals surface area contributed by atoms with Crippen LogP contribution in [-0.4, -0.2) is 9.36 Å². The number of nitrogens with zero attached hydrogens (tertiary/aromatic N) is 2. The number of aromatic nitrogens is 2. The van der Waals surface area contributed by atoms with Crippen molar-refractivity contribution >= 4 is 22.3 Å². The van der Waals surface area contributed by atoms with Gasteiger partial charge in [-0.1, -0.05) is 78.9 Å². The fourth-order valence-corrected chi connectivity index (χ4v) is 4.66. The zero-order valence-electron chi connectivity index (χ0n) is 14.4. The quantitative estimate of drug-likeness (QED) is 0.344. The second kappa shape index (κ2) is 5.60. The molecule has 0 atom stereocenters. The van der Waals surface area contributed by atoms with E-state index < -0.39 is 0 Å². The first-order chi connectivity index (χ1) is 13.4. The van der Waals surface area contributed by atoms with Crippen molar-refractivity contribution in [3.8, 4) is 44.2 Å². The molecule has 1 heterocycles. The molecule has 0 saturated heterocycles. The largest absolute Gasteiger partial charge is 0.215 e. The predicted molar refractivity (Wildman–Crippen MR) is 113 cm³/mol. The van der Waals surface area contributed by atoms with Gasteiger partial charge in [0, 0.05) is 11.1 Å². The van der Waals surface area contributed by atoms with Crippen molar-refractivity contribution < 1.29 is 0 Å². The number of benzene rings is 4. The van der Waals surface area contributed by atoms with E-state index in [1.54, 1.807) is 0 Å². The van der Waals surface area contributed by atoms with E-state index >= 15 is 0 Å². The van der Waals surface area contributed by atoms with E-state index in [0.29, 0.717) is 0 Å². The molecule has 4 aromatic carbocycles. The molecule has 2 nitrogen and oxygen atoms in total. The van der Waals surface area contributed by atoms with Gasteiger partial charge in [0.05, 0.1) is 0 Å². The summed E-state index contributed by atoms with van der Waals surface area (Å²) in [6, 6.07) is 29.9. The van der Waals surface area contributed by atoms with Gasteiger partial charge in [-0.2, -0.15) is 4.37 Å². The maximum absolute atomic E-state index is 4.78. The van der Waals surface area contributed by atoms with Crippen LogP contribution < -0.4 is 0 Å². The van der Waals surface area contributed by atoms with Crippen LogP contribution >= 0.6 is 11.5 Å². The Morgan fingerprint density at radius 1 is 0.593 bits per heavy atom. The van der Waals surface area contributed by atoms with E-state index in [-0.39, 0.29) is 0 Å². The lowest BCUT2D eigenvalue weighted by molar-refractivity contribution is 1.33. The summed E-state index contributed by atoms with van der Waals surface area (Å²) in [6.45, 7) is 0. The third-order valence-electron chi connectivity index (χ3n) is 5.21. The normalized spacial score (nSPS) is 11.7. The third-order valence-corrected chi connectivity index (χ3v) is 5.97. The molecule has 0 saturated carbocycles. The van der Waals surface area contributed by atoms with Gasteiger partial charge in [0.25, 0.3) is 0 Å². The Hall–Kier alpha value is -3.30. The summed E-state index contributed by atoms with van der Waals surface area (Å²) in [5.74, 6) is 0.796. The Morgan fingerprint density at radius 2 is 1.37 bits per heavy atom. The molecule has 5 aromatic rings. The number of fused-ring (bicyclic) bond motifs is 3. The summed E-state index contributed by atoms with van der Waals surface area (Å²) in [4.78, 5) is 4.78. The van der Waals surface area contributed by atoms with Crippen LogP contribution in [0, 0.1) is 0 Å². The standard InChI is InChI=1S/C24H14N2S/c1-2-6-16(7-3-1)24-25-23(26-27-24)17-12-13-18-19-10-4-8-15-9-5-11-20(22(15)19)21(18)14-17/h1-14H. The molecule has 0 amide bonds. The van der Waals surface area contributed by atoms with Crippen molar-refractivity contribution in [1.29, 1.82) is 0 Å². The first-order valence-corrected chi connectivity index (χ1v) is 9.72. The van der Waals surface area contributed by atoms with Crippen LogP contribution in [-0.2, 0) is 0 Å². The van der Waals surface area contributed by atoms with Crippen LogP contribution in [0.2, 0.25) is 0 Å². The lowest BCUT2D eigenvalue weighted by atomic mass is 10.0. The second-order valence-electron chi connectivity index (χ2n) is 6.76. The molecular formula is C24H14N2S. The fraction of sp³-hybridized carbons (Fsp3) is 0. The average Bonchev–Trinajstić information content (AvgIpc) is 3.34. The third kappa shape index (κ3) is 2.19. The van der Waals surface area contributed by atoms with Crippen molar-refractivity contribution in [2.24, 2.45) is 0 Å². The molecule has 1 aliphatic carbocycles. The number of rotatable bonds is 2. The van der Waals surface area contributed by atoms with E-state index in [0.717, 1.165) is 22.0 Å². The maximum Gasteiger partial charge on any atom is 0.173 e. The van der Waals surface area contributed by atoms with Crippen LogP contribution in [0.4, 0.5) is 0 Å². The zero-order valence-corrected chi connectivity index (χ0v) is 15.2. The molecule has 0 radical (unpaired) electrons. The smallest absolute Gasteiger partial charge is 0.173 e. The molecule has 0 unspecified atom stereocenters. The molecule has 27 heavy (non-hydrogen) atoms. The van der Waals surface area contributed by atoms with Gasteiger partial charge >= 0.3 is 0 Å². The number of hydrogen-bond acceptors (Lipinski definition) is 3. The minimum Gasteiger partial charge on any atom is -0.215 e. The van der Waals surface area contributed by atoms with E-state index in [1.165, 1.54) is 44.6 Å². The Bertz CT molecular complexity index is 1310. The first kappa shape index (κ1) is 14.8. The van der Waals surface area contributed by atoms with Gasteiger partial charge in [-0.15, -0.1) is 0 Å². The Morgan fingerprint density at radius 3 is 2.19 bits per heavy atom. The van der Waals surface area contributed by atoms with Gasteiger partial charge in [0.15, 0.2) is 5.82 Å². The minimum absolute atomic E-state index is 0.796. The van der Waals surface area contributed by atoms with Crippen molar-refractivity contribution in [2.45, 2.75) is 0 Å². The average molecular weight is 362 g/mol. The van der Waals surface area contributed by atoms with Crippen molar-refractivity contribution in [3.63, 3.8) is 0 Å². The van der Waals surface area contributed by atoms with E-state index in [1.807, 2.05) is 18.2 Å². The van der Waals surface area contributed by atoms with E-state index in [4.69, 9.17) is 4.98 Å². The zero-order chi connectivity index (χ0) is 17.8. The fourth-order valence-electron chi connectivity index (χ4n) is 3.97. The molecule has 126 valence electrons. The minimum atomic E-state index is 0.796. The van der Waals surface area contributed by atoms with Crippen LogP contribution in [0.3, 0.4) is 0 Å². The van der Waals surface area contributed by atoms with Gasteiger partial charge in [-0.05, 0) is 50.6 Å². The van der Waals surface area contributed by atoms with Crippen LogP contribution in [0.5, 0.6) is 0 Å². The molecule has 1 aliphatic rings. The summed E-state index contributed by atoms with van der Waals surface area (Å²) < 4.78 is 4.62. The molecule has 0 N–H and O–H groups in total. The summed E-state index contributed by atoms with van der Waals surface area (Å²) >= 11 is 1.45. The van der Waals surface area contributed by atoms with Gasteiger partial charge in [0.2, 0.25) is 0 Å². The van der Waals surface area contributed by atoms with Crippen LogP contribution in [0.25, 0.3) is 55.0 Å². The van der Waals surface area contributed by atoms with Gasteiger partial charge in [-0.25, -0.2) is 4.98 Å². The van der Waals surface area contributed by atoms with Crippen molar-refractivity contribution in [3.05, 3.63) is 84.9 Å². The highest BCUT2D eigenvalue weighted by Crippen LogP contribution is 2.48. The molecule has 0 aliphatic heterocycles. The van der Waals surface area contributed by atoms with Crippen LogP contribution in [0.15, 0.2) is 84.9 Å². The Kier molecular flexibility index (Phi) is 3.07. The molecule has 6 rings (SSSR count). The Labute approximate surface area is 160 Å². The molecule has 0 fully saturated rings. The lowest BCUT2D eigenvalue weighted by Gasteiger charge is -2.04. The SMILES string of the molecule is c1ccc(-c2nc(-c3ccc4c(c3)-c3cccc5cccc-4c35)ns2)cc1. The lowest BCUT2D eigenvalue weighted by Crippen LogP contribution is -1.84. The first-order valence-electron chi connectivity index (χ1n) is 8.94. The number of hydrogen-bond donors (Lipinski definition) is 0. The predicted octanol–water partition coefficient (Wildman–Crippen LogP) is 6.67. The van der Waals surface area contributed by atoms with Crippen molar-refractivity contribution in [1.82, 2.24) is 9.36 Å².